The summed E-state index contributed by atoms with van der Waals surface area (Å²) in [5.41, 5.74) is 3.28. The molecule has 14 heteroatoms. The second-order valence-electron chi connectivity index (χ2n) is 5.58. The Hall–Kier alpha value is -2.29. The van der Waals surface area contributed by atoms with Gasteiger partial charge in [0.2, 0.25) is 17.5 Å². The van der Waals surface area contributed by atoms with Crippen LogP contribution in [-0.4, -0.2) is 77.5 Å². The van der Waals surface area contributed by atoms with Crippen molar-refractivity contribution in [3.8, 4) is 0 Å². The second-order valence-corrected chi connectivity index (χ2v) is 6.92. The predicted octanol–water partition coefficient (Wildman–Crippen LogP) is -3.21. The highest BCUT2D eigenvalue weighted by molar-refractivity contribution is 7.84. The standard InChI is InChI=1S/C12H20N4O9S/c1-6(14-8(17)4-3-7(13)10(19)20)9(18)15-12(25-2)5-16(11(12)21)26(22,23)24/h6-7H,3-5,13H2,1-2H3,(H,14,17)(H,15,18)(H,19,20)(H,22,23,24)/t6-,7-,12+/m1/s1. The van der Waals surface area contributed by atoms with Crippen LogP contribution in [0.3, 0.4) is 0 Å². The number of carboxylic acid groups (broad SMARTS) is 1. The van der Waals surface area contributed by atoms with E-state index in [1.54, 1.807) is 0 Å². The molecule has 1 heterocycles. The van der Waals surface area contributed by atoms with E-state index in [0.717, 1.165) is 7.11 Å². The zero-order chi connectivity index (χ0) is 20.3. The first-order chi connectivity index (χ1) is 11.8. The van der Waals surface area contributed by atoms with Crippen molar-refractivity contribution in [1.29, 1.82) is 0 Å². The van der Waals surface area contributed by atoms with E-state index >= 15 is 0 Å². The lowest BCUT2D eigenvalue weighted by molar-refractivity contribution is -0.180. The Kier molecular flexibility index (Phi) is 6.65. The fourth-order valence-electron chi connectivity index (χ4n) is 2.03. The first-order valence-electron chi connectivity index (χ1n) is 7.28. The molecular formula is C12H20N4O9S. The Bertz CT molecular complexity index is 709. The second kappa shape index (κ2) is 7.94. The van der Waals surface area contributed by atoms with Crippen molar-refractivity contribution in [3.05, 3.63) is 0 Å². The number of nitrogens with zero attached hydrogens (tertiary/aromatic N) is 1. The van der Waals surface area contributed by atoms with Crippen LogP contribution in [0.5, 0.6) is 0 Å². The highest BCUT2D eigenvalue weighted by Gasteiger charge is 2.58. The molecule has 1 aliphatic rings. The van der Waals surface area contributed by atoms with Gasteiger partial charge in [-0.2, -0.15) is 8.42 Å². The predicted molar refractivity (Wildman–Crippen MR) is 83.6 cm³/mol. The van der Waals surface area contributed by atoms with E-state index in [4.69, 9.17) is 20.1 Å². The molecule has 0 radical (unpaired) electrons. The Balaban J connectivity index is 2.60. The van der Waals surface area contributed by atoms with Crippen LogP contribution in [0.1, 0.15) is 19.8 Å². The fourth-order valence-corrected chi connectivity index (χ4v) is 2.73. The van der Waals surface area contributed by atoms with Crippen molar-refractivity contribution in [3.63, 3.8) is 0 Å². The number of methoxy groups -OCH3 is 1. The molecule has 0 aromatic carbocycles. The van der Waals surface area contributed by atoms with Gasteiger partial charge < -0.3 is 26.2 Å². The Labute approximate surface area is 148 Å². The smallest absolute Gasteiger partial charge is 0.362 e. The van der Waals surface area contributed by atoms with Gasteiger partial charge >= 0.3 is 16.3 Å². The largest absolute Gasteiger partial charge is 0.480 e. The number of carbonyl (C=O) groups is 4. The molecule has 26 heavy (non-hydrogen) atoms. The van der Waals surface area contributed by atoms with Gasteiger partial charge in [-0.3, -0.25) is 23.7 Å². The maximum absolute atomic E-state index is 12.1. The summed E-state index contributed by atoms with van der Waals surface area (Å²) in [6.07, 6.45) is -0.380. The molecule has 3 atom stereocenters. The van der Waals surface area contributed by atoms with Gasteiger partial charge in [-0.1, -0.05) is 0 Å². The third-order valence-electron chi connectivity index (χ3n) is 3.66. The minimum Gasteiger partial charge on any atom is -0.480 e. The van der Waals surface area contributed by atoms with Gasteiger partial charge in [0.1, 0.15) is 12.1 Å². The molecule has 0 aliphatic carbocycles. The summed E-state index contributed by atoms with van der Waals surface area (Å²) < 4.78 is 35.7. The number of β-lactam (4-membered cyclic amide) rings is 1. The van der Waals surface area contributed by atoms with Crippen LogP contribution in [0.4, 0.5) is 0 Å². The van der Waals surface area contributed by atoms with E-state index in [0.29, 0.717) is 0 Å². The first kappa shape index (κ1) is 21.8. The lowest BCUT2D eigenvalue weighted by Gasteiger charge is -2.45. The van der Waals surface area contributed by atoms with Gasteiger partial charge in [-0.25, -0.2) is 4.31 Å². The average Bonchev–Trinajstić information content (AvgIpc) is 2.53. The monoisotopic (exact) mass is 396 g/mol. The van der Waals surface area contributed by atoms with Crippen molar-refractivity contribution in [2.45, 2.75) is 37.6 Å². The SMILES string of the molecule is CO[C@@]1(NC(=O)[C@@H](C)NC(=O)CC[C@@H](N)C(=O)O)CN(S(=O)(=O)O)C1=O. The summed E-state index contributed by atoms with van der Waals surface area (Å²) >= 11 is 0. The molecule has 1 aliphatic heterocycles. The van der Waals surface area contributed by atoms with Crippen LogP contribution in [-0.2, 0) is 34.2 Å². The molecule has 1 fully saturated rings. The van der Waals surface area contributed by atoms with Crippen LogP contribution in [0, 0.1) is 0 Å². The molecule has 0 bridgehead atoms. The molecule has 0 aromatic heterocycles. The summed E-state index contributed by atoms with van der Waals surface area (Å²) in [5, 5.41) is 13.1. The zero-order valence-electron chi connectivity index (χ0n) is 14.0. The summed E-state index contributed by atoms with van der Waals surface area (Å²) in [5.74, 6) is -3.96. The van der Waals surface area contributed by atoms with E-state index in [9.17, 15) is 27.6 Å². The maximum atomic E-state index is 12.1. The number of ether oxygens (including phenoxy) is 1. The van der Waals surface area contributed by atoms with Crippen molar-refractivity contribution in [2.75, 3.05) is 13.7 Å². The van der Waals surface area contributed by atoms with Gasteiger partial charge in [0.05, 0.1) is 6.54 Å². The summed E-state index contributed by atoms with van der Waals surface area (Å²) in [6, 6.07) is -2.36. The summed E-state index contributed by atoms with van der Waals surface area (Å²) in [7, 11) is -3.72. The summed E-state index contributed by atoms with van der Waals surface area (Å²) in [4.78, 5) is 46.2. The Morgan fingerprint density at radius 2 is 2.00 bits per heavy atom. The van der Waals surface area contributed by atoms with Crippen LogP contribution in [0.25, 0.3) is 0 Å². The Morgan fingerprint density at radius 1 is 1.42 bits per heavy atom. The van der Waals surface area contributed by atoms with E-state index < -0.39 is 58.3 Å². The Morgan fingerprint density at radius 3 is 2.42 bits per heavy atom. The van der Waals surface area contributed by atoms with Crippen LogP contribution >= 0.6 is 0 Å². The molecule has 0 aromatic rings. The minimum atomic E-state index is -4.77. The molecule has 0 spiro atoms. The molecule has 1 rings (SSSR count). The van der Waals surface area contributed by atoms with Gasteiger partial charge in [-0.15, -0.1) is 0 Å². The van der Waals surface area contributed by atoms with Gasteiger partial charge in [0.15, 0.2) is 0 Å². The number of hydrogen-bond acceptors (Lipinski definition) is 8. The molecule has 13 nitrogen and oxygen atoms in total. The van der Waals surface area contributed by atoms with Crippen LogP contribution in [0.15, 0.2) is 0 Å². The first-order valence-corrected chi connectivity index (χ1v) is 8.68. The number of carboxylic acids is 1. The van der Waals surface area contributed by atoms with E-state index in [1.165, 1.54) is 6.92 Å². The summed E-state index contributed by atoms with van der Waals surface area (Å²) in [6.45, 7) is 0.651. The fraction of sp³-hybridized carbons (Fsp3) is 0.667. The van der Waals surface area contributed by atoms with Crippen molar-refractivity contribution in [1.82, 2.24) is 14.9 Å². The molecule has 3 amide bonds. The quantitative estimate of drug-likeness (QED) is 0.150. The molecule has 0 saturated carbocycles. The van der Waals surface area contributed by atoms with Crippen molar-refractivity contribution >= 4 is 34.0 Å². The van der Waals surface area contributed by atoms with Gasteiger partial charge in [0, 0.05) is 13.5 Å². The number of amides is 3. The number of carbonyl (C=O) groups excluding carboxylic acids is 3. The topological polar surface area (TPSA) is 205 Å². The van der Waals surface area contributed by atoms with Crippen LogP contribution in [0.2, 0.25) is 0 Å². The minimum absolute atomic E-state index is 0.104. The van der Waals surface area contributed by atoms with E-state index in [1.807, 2.05) is 0 Å². The average molecular weight is 396 g/mol. The third kappa shape index (κ3) is 4.87. The molecule has 6 N–H and O–H groups in total. The van der Waals surface area contributed by atoms with Gasteiger partial charge in [-0.05, 0) is 13.3 Å². The zero-order valence-corrected chi connectivity index (χ0v) is 14.8. The van der Waals surface area contributed by atoms with Crippen molar-refractivity contribution in [2.24, 2.45) is 5.73 Å². The number of rotatable bonds is 9. The van der Waals surface area contributed by atoms with E-state index in [-0.39, 0.29) is 17.1 Å². The number of aliphatic carboxylic acids is 1. The number of nitrogens with two attached hydrogens (primary N) is 1. The van der Waals surface area contributed by atoms with Gasteiger partial charge in [0.25, 0.3) is 5.91 Å². The normalized spacial score (nSPS) is 22.2. The number of nitrogens with one attached hydrogen (secondary N) is 2. The van der Waals surface area contributed by atoms with Crippen molar-refractivity contribution < 1.29 is 42.0 Å². The lowest BCUT2D eigenvalue weighted by atomic mass is 10.1. The third-order valence-corrected chi connectivity index (χ3v) is 4.51. The lowest BCUT2D eigenvalue weighted by Crippen LogP contribution is -2.76. The number of hydrogen-bond donors (Lipinski definition) is 5. The highest BCUT2D eigenvalue weighted by Crippen LogP contribution is 2.26. The molecule has 148 valence electrons. The molecule has 1 saturated heterocycles. The molecule has 0 unspecified atom stereocenters. The van der Waals surface area contributed by atoms with Crippen LogP contribution < -0.4 is 16.4 Å². The van der Waals surface area contributed by atoms with E-state index in [2.05, 4.69) is 10.6 Å². The highest BCUT2D eigenvalue weighted by atomic mass is 32.2. The maximum Gasteiger partial charge on any atom is 0.362 e. The molecular weight excluding hydrogens is 376 g/mol.